The van der Waals surface area contributed by atoms with E-state index >= 15 is 0 Å². The minimum atomic E-state index is -0.0615. The summed E-state index contributed by atoms with van der Waals surface area (Å²) < 4.78 is 5.09. The van der Waals surface area contributed by atoms with Gasteiger partial charge in [-0.25, -0.2) is 0 Å². The first-order valence-electron chi connectivity index (χ1n) is 4.11. The number of amides is 1. The Kier molecular flexibility index (Phi) is 4.14. The molecule has 0 bridgehead atoms. The average molecular weight is 209 g/mol. The standard InChI is InChI=1S/C10H11NO2S/c1-3-5-11-10(12)7-14-9-4-6-13-8(9)2/h1,4,6H,5,7H2,2H3,(H,11,12). The summed E-state index contributed by atoms with van der Waals surface area (Å²) in [4.78, 5) is 12.1. The van der Waals surface area contributed by atoms with Crippen molar-refractivity contribution >= 4 is 17.7 Å². The quantitative estimate of drug-likeness (QED) is 0.602. The van der Waals surface area contributed by atoms with Crippen LogP contribution in [-0.2, 0) is 4.79 Å². The molecule has 1 heterocycles. The molecule has 3 nitrogen and oxygen atoms in total. The number of carbonyl (C=O) groups is 1. The van der Waals surface area contributed by atoms with Gasteiger partial charge in [0, 0.05) is 4.90 Å². The van der Waals surface area contributed by atoms with Crippen LogP contribution in [0.25, 0.3) is 0 Å². The third-order valence-electron chi connectivity index (χ3n) is 1.56. The van der Waals surface area contributed by atoms with E-state index in [0.717, 1.165) is 10.7 Å². The van der Waals surface area contributed by atoms with E-state index in [4.69, 9.17) is 10.8 Å². The maximum atomic E-state index is 11.2. The number of carbonyl (C=O) groups excluding carboxylic acids is 1. The molecule has 74 valence electrons. The van der Waals surface area contributed by atoms with Crippen molar-refractivity contribution in [3.8, 4) is 12.3 Å². The molecule has 0 atom stereocenters. The van der Waals surface area contributed by atoms with Crippen LogP contribution in [0.1, 0.15) is 5.76 Å². The molecule has 4 heteroatoms. The van der Waals surface area contributed by atoms with E-state index in [1.54, 1.807) is 6.26 Å². The average Bonchev–Trinajstić information content (AvgIpc) is 2.58. The second kappa shape index (κ2) is 5.40. The molecule has 0 unspecified atom stereocenters. The first-order chi connectivity index (χ1) is 6.74. The van der Waals surface area contributed by atoms with Crippen LogP contribution in [0, 0.1) is 19.3 Å². The molecule has 0 saturated carbocycles. The molecular weight excluding hydrogens is 198 g/mol. The van der Waals surface area contributed by atoms with Crippen molar-refractivity contribution in [1.82, 2.24) is 5.32 Å². The van der Waals surface area contributed by atoms with Crippen molar-refractivity contribution in [1.29, 1.82) is 0 Å². The molecule has 0 aliphatic rings. The number of nitrogens with one attached hydrogen (secondary N) is 1. The van der Waals surface area contributed by atoms with Gasteiger partial charge in [0.2, 0.25) is 5.91 Å². The van der Waals surface area contributed by atoms with Crippen LogP contribution in [0.4, 0.5) is 0 Å². The summed E-state index contributed by atoms with van der Waals surface area (Å²) in [6.45, 7) is 2.14. The van der Waals surface area contributed by atoms with Crippen molar-refractivity contribution in [3.05, 3.63) is 18.1 Å². The van der Waals surface area contributed by atoms with Gasteiger partial charge in [0.05, 0.1) is 18.6 Å². The highest BCUT2D eigenvalue weighted by molar-refractivity contribution is 8.00. The molecular formula is C10H11NO2S. The minimum absolute atomic E-state index is 0.0615. The lowest BCUT2D eigenvalue weighted by Crippen LogP contribution is -2.25. The molecule has 0 aliphatic carbocycles. The van der Waals surface area contributed by atoms with Gasteiger partial charge < -0.3 is 9.73 Å². The van der Waals surface area contributed by atoms with Crippen LogP contribution in [-0.4, -0.2) is 18.2 Å². The Morgan fingerprint density at radius 3 is 3.14 bits per heavy atom. The molecule has 1 aromatic heterocycles. The fourth-order valence-electron chi connectivity index (χ4n) is 0.867. The predicted molar refractivity (Wildman–Crippen MR) is 56.0 cm³/mol. The Hall–Kier alpha value is -1.34. The van der Waals surface area contributed by atoms with E-state index in [1.165, 1.54) is 11.8 Å². The first-order valence-corrected chi connectivity index (χ1v) is 5.09. The highest BCUT2D eigenvalue weighted by Crippen LogP contribution is 2.22. The number of hydrogen-bond acceptors (Lipinski definition) is 3. The summed E-state index contributed by atoms with van der Waals surface area (Å²) in [6.07, 6.45) is 6.61. The van der Waals surface area contributed by atoms with Crippen LogP contribution in [0.5, 0.6) is 0 Å². The number of aryl methyl sites for hydroxylation is 1. The second-order valence-corrected chi connectivity index (χ2v) is 3.63. The summed E-state index contributed by atoms with van der Waals surface area (Å²) >= 11 is 1.44. The lowest BCUT2D eigenvalue weighted by molar-refractivity contribution is -0.118. The van der Waals surface area contributed by atoms with Crippen LogP contribution in [0.3, 0.4) is 0 Å². The van der Waals surface area contributed by atoms with Crippen molar-refractivity contribution < 1.29 is 9.21 Å². The maximum absolute atomic E-state index is 11.2. The monoisotopic (exact) mass is 209 g/mol. The summed E-state index contributed by atoms with van der Waals surface area (Å²) in [5.74, 6) is 3.48. The summed E-state index contributed by atoms with van der Waals surface area (Å²) in [5, 5.41) is 2.59. The molecule has 1 aromatic rings. The Morgan fingerprint density at radius 1 is 1.79 bits per heavy atom. The van der Waals surface area contributed by atoms with Gasteiger partial charge in [0.15, 0.2) is 0 Å². The molecule has 0 aliphatic heterocycles. The van der Waals surface area contributed by atoms with Gasteiger partial charge in [0.25, 0.3) is 0 Å². The van der Waals surface area contributed by atoms with Crippen LogP contribution in [0.15, 0.2) is 21.6 Å². The zero-order chi connectivity index (χ0) is 10.4. The first kappa shape index (κ1) is 10.7. The fourth-order valence-corrected chi connectivity index (χ4v) is 1.66. The van der Waals surface area contributed by atoms with E-state index < -0.39 is 0 Å². The SMILES string of the molecule is C#CCNC(=O)CSc1ccoc1C. The summed E-state index contributed by atoms with van der Waals surface area (Å²) in [6, 6.07) is 1.84. The summed E-state index contributed by atoms with van der Waals surface area (Å²) in [5.41, 5.74) is 0. The Balaban J connectivity index is 2.31. The fraction of sp³-hybridized carbons (Fsp3) is 0.300. The van der Waals surface area contributed by atoms with Crippen molar-refractivity contribution in [2.45, 2.75) is 11.8 Å². The second-order valence-electron chi connectivity index (χ2n) is 2.61. The van der Waals surface area contributed by atoms with E-state index in [-0.39, 0.29) is 12.5 Å². The molecule has 0 aromatic carbocycles. The normalized spacial score (nSPS) is 9.43. The van der Waals surface area contributed by atoms with Crippen molar-refractivity contribution in [2.75, 3.05) is 12.3 Å². The Bertz CT molecular complexity index is 351. The van der Waals surface area contributed by atoms with Crippen molar-refractivity contribution in [2.24, 2.45) is 0 Å². The Labute approximate surface area is 87.2 Å². The third kappa shape index (κ3) is 3.19. The molecule has 14 heavy (non-hydrogen) atoms. The molecule has 0 spiro atoms. The van der Waals surface area contributed by atoms with Crippen molar-refractivity contribution in [3.63, 3.8) is 0 Å². The van der Waals surface area contributed by atoms with Crippen LogP contribution >= 0.6 is 11.8 Å². The maximum Gasteiger partial charge on any atom is 0.231 e. The van der Waals surface area contributed by atoms with Crippen LogP contribution in [0.2, 0.25) is 0 Å². The zero-order valence-corrected chi connectivity index (χ0v) is 8.69. The van der Waals surface area contributed by atoms with E-state index in [9.17, 15) is 4.79 Å². The lowest BCUT2D eigenvalue weighted by Gasteiger charge is -2.00. The molecule has 0 radical (unpaired) electrons. The minimum Gasteiger partial charge on any atom is -0.468 e. The van der Waals surface area contributed by atoms with Gasteiger partial charge in [-0.2, -0.15) is 0 Å². The van der Waals surface area contributed by atoms with Gasteiger partial charge in [-0.3, -0.25) is 4.79 Å². The van der Waals surface area contributed by atoms with Gasteiger partial charge in [-0.05, 0) is 13.0 Å². The molecule has 1 N–H and O–H groups in total. The predicted octanol–water partition coefficient (Wildman–Crippen LogP) is 1.43. The largest absolute Gasteiger partial charge is 0.468 e. The zero-order valence-electron chi connectivity index (χ0n) is 7.87. The van der Waals surface area contributed by atoms with Gasteiger partial charge in [-0.15, -0.1) is 18.2 Å². The Morgan fingerprint density at radius 2 is 2.57 bits per heavy atom. The lowest BCUT2D eigenvalue weighted by atomic mass is 10.5. The molecule has 1 amide bonds. The van der Waals surface area contributed by atoms with Crippen LogP contribution < -0.4 is 5.32 Å². The van der Waals surface area contributed by atoms with E-state index in [2.05, 4.69) is 11.2 Å². The molecule has 0 saturated heterocycles. The number of rotatable bonds is 4. The van der Waals surface area contributed by atoms with Gasteiger partial charge in [0.1, 0.15) is 5.76 Å². The summed E-state index contributed by atoms with van der Waals surface area (Å²) in [7, 11) is 0. The number of thioether (sulfide) groups is 1. The molecule has 1 rings (SSSR count). The smallest absolute Gasteiger partial charge is 0.231 e. The third-order valence-corrected chi connectivity index (χ3v) is 2.70. The topological polar surface area (TPSA) is 42.2 Å². The number of terminal acetylenes is 1. The highest BCUT2D eigenvalue weighted by atomic mass is 32.2. The van der Waals surface area contributed by atoms with E-state index in [0.29, 0.717) is 5.75 Å². The van der Waals surface area contributed by atoms with E-state index in [1.807, 2.05) is 13.0 Å². The number of hydrogen-bond donors (Lipinski definition) is 1. The molecule has 0 fully saturated rings. The van der Waals surface area contributed by atoms with Gasteiger partial charge in [-0.1, -0.05) is 5.92 Å². The highest BCUT2D eigenvalue weighted by Gasteiger charge is 2.05. The number of furan rings is 1. The van der Waals surface area contributed by atoms with Gasteiger partial charge >= 0.3 is 0 Å².